The molecule has 102 valence electrons. The minimum Gasteiger partial charge on any atom is -0.496 e. The van der Waals surface area contributed by atoms with E-state index in [1.54, 1.807) is 18.4 Å². The van der Waals surface area contributed by atoms with Crippen molar-refractivity contribution in [3.63, 3.8) is 0 Å². The summed E-state index contributed by atoms with van der Waals surface area (Å²) in [5, 5.41) is 6.45. The second-order valence-corrected chi connectivity index (χ2v) is 5.35. The molecule has 0 bridgehead atoms. The SMILES string of the molecule is CCc1cc(-c2csc(C(C)NC)n2)ccc1OC. The Bertz CT molecular complexity index is 551. The highest BCUT2D eigenvalue weighted by atomic mass is 32.1. The Morgan fingerprint density at radius 1 is 1.42 bits per heavy atom. The quantitative estimate of drug-likeness (QED) is 0.905. The first-order valence-electron chi connectivity index (χ1n) is 6.49. The lowest BCUT2D eigenvalue weighted by Gasteiger charge is -2.08. The van der Waals surface area contributed by atoms with E-state index in [4.69, 9.17) is 9.72 Å². The van der Waals surface area contributed by atoms with Gasteiger partial charge in [-0.1, -0.05) is 6.92 Å². The molecule has 1 atom stereocenters. The third kappa shape index (κ3) is 2.96. The van der Waals surface area contributed by atoms with Crippen molar-refractivity contribution in [3.8, 4) is 17.0 Å². The fourth-order valence-electron chi connectivity index (χ4n) is 1.96. The van der Waals surface area contributed by atoms with Gasteiger partial charge in [-0.05, 0) is 44.2 Å². The van der Waals surface area contributed by atoms with Gasteiger partial charge in [0.2, 0.25) is 0 Å². The number of rotatable bonds is 5. The maximum Gasteiger partial charge on any atom is 0.122 e. The highest BCUT2D eigenvalue weighted by Crippen LogP contribution is 2.29. The van der Waals surface area contributed by atoms with Crippen molar-refractivity contribution in [1.82, 2.24) is 10.3 Å². The zero-order valence-corrected chi connectivity index (χ0v) is 12.7. The van der Waals surface area contributed by atoms with E-state index in [9.17, 15) is 0 Å². The van der Waals surface area contributed by atoms with E-state index in [1.165, 1.54) is 5.56 Å². The van der Waals surface area contributed by atoms with Gasteiger partial charge in [-0.2, -0.15) is 0 Å². The van der Waals surface area contributed by atoms with Crippen molar-refractivity contribution < 1.29 is 4.74 Å². The van der Waals surface area contributed by atoms with Crippen LogP contribution < -0.4 is 10.1 Å². The molecular weight excluding hydrogens is 256 g/mol. The van der Waals surface area contributed by atoms with Gasteiger partial charge < -0.3 is 10.1 Å². The summed E-state index contributed by atoms with van der Waals surface area (Å²) in [4.78, 5) is 4.70. The zero-order valence-electron chi connectivity index (χ0n) is 11.9. The highest BCUT2D eigenvalue weighted by molar-refractivity contribution is 7.10. The normalized spacial score (nSPS) is 12.4. The average Bonchev–Trinajstić information content (AvgIpc) is 2.95. The molecule has 1 heterocycles. The van der Waals surface area contributed by atoms with E-state index in [0.29, 0.717) is 6.04 Å². The number of ether oxygens (including phenoxy) is 1. The van der Waals surface area contributed by atoms with E-state index in [-0.39, 0.29) is 0 Å². The van der Waals surface area contributed by atoms with Gasteiger partial charge in [-0.3, -0.25) is 0 Å². The van der Waals surface area contributed by atoms with E-state index >= 15 is 0 Å². The Balaban J connectivity index is 2.34. The van der Waals surface area contributed by atoms with E-state index in [2.05, 4.69) is 36.7 Å². The average molecular weight is 276 g/mol. The van der Waals surface area contributed by atoms with Crippen molar-refractivity contribution in [2.45, 2.75) is 26.3 Å². The third-order valence-electron chi connectivity index (χ3n) is 3.28. The summed E-state index contributed by atoms with van der Waals surface area (Å²) in [5.41, 5.74) is 3.42. The minimum absolute atomic E-state index is 0.294. The summed E-state index contributed by atoms with van der Waals surface area (Å²) >= 11 is 1.70. The zero-order chi connectivity index (χ0) is 13.8. The fraction of sp³-hybridized carbons (Fsp3) is 0.400. The Morgan fingerprint density at radius 2 is 2.21 bits per heavy atom. The van der Waals surface area contributed by atoms with Gasteiger partial charge in [0.25, 0.3) is 0 Å². The largest absolute Gasteiger partial charge is 0.496 e. The number of benzene rings is 1. The summed E-state index contributed by atoms with van der Waals surface area (Å²) in [6, 6.07) is 6.56. The molecular formula is C15H20N2OS. The van der Waals surface area contributed by atoms with Crippen LogP contribution in [-0.4, -0.2) is 19.1 Å². The van der Waals surface area contributed by atoms with Crippen LogP contribution in [0.1, 0.15) is 30.5 Å². The molecule has 0 saturated carbocycles. The van der Waals surface area contributed by atoms with Crippen LogP contribution in [0.3, 0.4) is 0 Å². The van der Waals surface area contributed by atoms with Gasteiger partial charge in [0.15, 0.2) is 0 Å². The molecule has 0 spiro atoms. The lowest BCUT2D eigenvalue weighted by molar-refractivity contribution is 0.410. The van der Waals surface area contributed by atoms with Gasteiger partial charge in [-0.25, -0.2) is 4.98 Å². The molecule has 0 radical (unpaired) electrons. The molecule has 0 amide bonds. The van der Waals surface area contributed by atoms with Crippen molar-refractivity contribution in [2.75, 3.05) is 14.2 Å². The molecule has 0 aliphatic carbocycles. The predicted octanol–water partition coefficient (Wildman–Crippen LogP) is 3.66. The van der Waals surface area contributed by atoms with Gasteiger partial charge in [0.05, 0.1) is 18.8 Å². The van der Waals surface area contributed by atoms with E-state index in [0.717, 1.165) is 28.4 Å². The summed E-state index contributed by atoms with van der Waals surface area (Å²) < 4.78 is 5.36. The lowest BCUT2D eigenvalue weighted by Crippen LogP contribution is -2.11. The first kappa shape index (κ1) is 14.0. The molecule has 3 nitrogen and oxygen atoms in total. The standard InChI is InChI=1S/C15H20N2OS/c1-5-11-8-12(6-7-14(11)18-4)13-9-19-15(17-13)10(2)16-3/h6-10,16H,5H2,1-4H3. The number of nitrogens with one attached hydrogen (secondary N) is 1. The van der Waals surface area contributed by atoms with E-state index in [1.807, 2.05) is 13.1 Å². The van der Waals surface area contributed by atoms with Gasteiger partial charge in [0, 0.05) is 10.9 Å². The van der Waals surface area contributed by atoms with Gasteiger partial charge >= 0.3 is 0 Å². The maximum absolute atomic E-state index is 5.36. The molecule has 0 fully saturated rings. The second-order valence-electron chi connectivity index (χ2n) is 4.46. The number of hydrogen-bond acceptors (Lipinski definition) is 4. The van der Waals surface area contributed by atoms with Crippen molar-refractivity contribution in [3.05, 3.63) is 34.2 Å². The molecule has 1 unspecified atom stereocenters. The summed E-state index contributed by atoms with van der Waals surface area (Å²) in [6.45, 7) is 4.26. The molecule has 2 aromatic rings. The van der Waals surface area contributed by atoms with Crippen LogP contribution in [0.5, 0.6) is 5.75 Å². The predicted molar refractivity (Wildman–Crippen MR) is 81.0 cm³/mol. The lowest BCUT2D eigenvalue weighted by atomic mass is 10.1. The number of thiazole rings is 1. The molecule has 4 heteroatoms. The van der Waals surface area contributed by atoms with E-state index < -0.39 is 0 Å². The van der Waals surface area contributed by atoms with Crippen LogP contribution in [0.25, 0.3) is 11.3 Å². The molecule has 1 aromatic carbocycles. The Morgan fingerprint density at radius 3 is 2.84 bits per heavy atom. The topological polar surface area (TPSA) is 34.2 Å². The van der Waals surface area contributed by atoms with Gasteiger partial charge in [-0.15, -0.1) is 11.3 Å². The number of nitrogens with zero attached hydrogens (tertiary/aromatic N) is 1. The summed E-state index contributed by atoms with van der Waals surface area (Å²) in [6.07, 6.45) is 0.959. The van der Waals surface area contributed by atoms with Crippen LogP contribution in [0, 0.1) is 0 Å². The van der Waals surface area contributed by atoms with Crippen LogP contribution in [-0.2, 0) is 6.42 Å². The van der Waals surface area contributed by atoms with Crippen molar-refractivity contribution >= 4 is 11.3 Å². The molecule has 19 heavy (non-hydrogen) atoms. The first-order chi connectivity index (χ1) is 9.19. The van der Waals surface area contributed by atoms with Crippen molar-refractivity contribution in [1.29, 1.82) is 0 Å². The minimum atomic E-state index is 0.294. The number of methoxy groups -OCH3 is 1. The molecule has 1 N–H and O–H groups in total. The Kier molecular flexibility index (Phi) is 4.56. The first-order valence-corrected chi connectivity index (χ1v) is 7.37. The molecule has 0 aliphatic rings. The monoisotopic (exact) mass is 276 g/mol. The molecule has 0 aliphatic heterocycles. The summed E-state index contributed by atoms with van der Waals surface area (Å²) in [7, 11) is 3.66. The van der Waals surface area contributed by atoms with Crippen LogP contribution in [0.2, 0.25) is 0 Å². The van der Waals surface area contributed by atoms with Gasteiger partial charge in [0.1, 0.15) is 10.8 Å². The Labute approximate surface area is 118 Å². The molecule has 0 saturated heterocycles. The third-order valence-corrected chi connectivity index (χ3v) is 4.31. The number of hydrogen-bond donors (Lipinski definition) is 1. The second kappa shape index (κ2) is 6.17. The maximum atomic E-state index is 5.36. The van der Waals surface area contributed by atoms with Crippen LogP contribution >= 0.6 is 11.3 Å². The fourth-order valence-corrected chi connectivity index (χ4v) is 2.85. The summed E-state index contributed by atoms with van der Waals surface area (Å²) in [5.74, 6) is 0.949. The molecule has 2 rings (SSSR count). The smallest absolute Gasteiger partial charge is 0.122 e. The Hall–Kier alpha value is -1.39. The molecule has 1 aromatic heterocycles. The highest BCUT2D eigenvalue weighted by Gasteiger charge is 2.11. The van der Waals surface area contributed by atoms with Crippen molar-refractivity contribution in [2.24, 2.45) is 0 Å². The van der Waals surface area contributed by atoms with Crippen LogP contribution in [0.4, 0.5) is 0 Å². The van der Waals surface area contributed by atoms with Crippen LogP contribution in [0.15, 0.2) is 23.6 Å². The number of aryl methyl sites for hydroxylation is 1. The number of aromatic nitrogens is 1.